The summed E-state index contributed by atoms with van der Waals surface area (Å²) in [5.41, 5.74) is 0.568. The van der Waals surface area contributed by atoms with E-state index in [9.17, 15) is 14.5 Å². The van der Waals surface area contributed by atoms with Gasteiger partial charge in [0.1, 0.15) is 5.82 Å². The molecule has 3 rings (SSSR count). The van der Waals surface area contributed by atoms with E-state index in [4.69, 9.17) is 0 Å². The van der Waals surface area contributed by atoms with Crippen LogP contribution < -0.4 is 0 Å². The van der Waals surface area contributed by atoms with Gasteiger partial charge >= 0.3 is 0 Å². The number of hydrogen-bond donors (Lipinski definition) is 0. The van der Waals surface area contributed by atoms with E-state index >= 15 is 0 Å². The molecule has 3 aromatic rings. The normalized spacial score (nSPS) is 10.8. The van der Waals surface area contributed by atoms with Crippen molar-refractivity contribution >= 4 is 17.4 Å². The van der Waals surface area contributed by atoms with Crippen LogP contribution in [-0.4, -0.2) is 24.7 Å². The first-order valence-electron chi connectivity index (χ1n) is 7.55. The van der Waals surface area contributed by atoms with Crippen LogP contribution >= 0.6 is 11.8 Å². The molecular formula is C16H14FN5O2S. The van der Waals surface area contributed by atoms with Gasteiger partial charge in [0.05, 0.1) is 15.9 Å². The van der Waals surface area contributed by atoms with Gasteiger partial charge in [0.15, 0.2) is 11.0 Å². The molecule has 25 heavy (non-hydrogen) atoms. The van der Waals surface area contributed by atoms with Gasteiger partial charge in [-0.25, -0.2) is 4.39 Å². The number of hydrogen-bond acceptors (Lipinski definition) is 6. The summed E-state index contributed by atoms with van der Waals surface area (Å²) in [5, 5.41) is 20.1. The van der Waals surface area contributed by atoms with Gasteiger partial charge in [-0.15, -0.1) is 10.2 Å². The predicted molar refractivity (Wildman–Crippen MR) is 90.7 cm³/mol. The summed E-state index contributed by atoms with van der Waals surface area (Å²) in [6.07, 6.45) is 4.17. The number of aromatic nitrogens is 4. The van der Waals surface area contributed by atoms with Gasteiger partial charge in [0.25, 0.3) is 5.69 Å². The van der Waals surface area contributed by atoms with Crippen LogP contribution in [0.1, 0.15) is 13.3 Å². The number of nitro groups is 1. The lowest BCUT2D eigenvalue weighted by molar-refractivity contribution is -0.387. The Morgan fingerprint density at radius 2 is 2.00 bits per heavy atom. The number of rotatable bonds is 6. The zero-order chi connectivity index (χ0) is 17.8. The van der Waals surface area contributed by atoms with E-state index in [-0.39, 0.29) is 5.69 Å². The third-order valence-corrected chi connectivity index (χ3v) is 4.47. The first kappa shape index (κ1) is 17.0. The summed E-state index contributed by atoms with van der Waals surface area (Å²) >= 11 is 1.10. The first-order chi connectivity index (χ1) is 12.1. The Balaban J connectivity index is 2.02. The standard InChI is InChI=1S/C16H14FN5O2S/c1-2-9-21-15(11-5-7-18-8-6-11)19-20-16(21)25-14-4-3-12(17)10-13(14)22(23)24/h3-8,10H,2,9H2,1H3. The molecule has 7 nitrogen and oxygen atoms in total. The molecule has 0 aliphatic rings. The minimum atomic E-state index is -0.649. The summed E-state index contributed by atoms with van der Waals surface area (Å²) in [5.74, 6) is 0.0139. The molecule has 0 aliphatic carbocycles. The first-order valence-corrected chi connectivity index (χ1v) is 8.37. The number of pyridine rings is 1. The van der Waals surface area contributed by atoms with Gasteiger partial charge in [0.2, 0.25) is 0 Å². The highest BCUT2D eigenvalue weighted by Gasteiger charge is 2.20. The fourth-order valence-electron chi connectivity index (χ4n) is 2.32. The lowest BCUT2D eigenvalue weighted by Gasteiger charge is -2.09. The molecule has 9 heteroatoms. The molecule has 0 atom stereocenters. The molecule has 0 amide bonds. The highest BCUT2D eigenvalue weighted by atomic mass is 32.2. The lowest BCUT2D eigenvalue weighted by atomic mass is 10.2. The second-order valence-electron chi connectivity index (χ2n) is 5.16. The molecule has 1 aromatic carbocycles. The van der Waals surface area contributed by atoms with Gasteiger partial charge in [0, 0.05) is 24.5 Å². The molecule has 2 heterocycles. The zero-order valence-electron chi connectivity index (χ0n) is 13.3. The molecular weight excluding hydrogens is 345 g/mol. The SMILES string of the molecule is CCCn1c(Sc2ccc(F)cc2[N+](=O)[O-])nnc1-c1ccncc1. The summed E-state index contributed by atoms with van der Waals surface area (Å²) in [6.45, 7) is 2.67. The Hall–Kier alpha value is -2.81. The monoisotopic (exact) mass is 359 g/mol. The van der Waals surface area contributed by atoms with Crippen LogP contribution in [0.15, 0.2) is 52.8 Å². The van der Waals surface area contributed by atoms with Crippen molar-refractivity contribution in [2.75, 3.05) is 0 Å². The Kier molecular flexibility index (Phi) is 5.03. The third-order valence-electron chi connectivity index (χ3n) is 3.42. The number of nitrogens with zero attached hydrogens (tertiary/aromatic N) is 5. The molecule has 0 spiro atoms. The summed E-state index contributed by atoms with van der Waals surface area (Å²) in [6, 6.07) is 7.14. The van der Waals surface area contributed by atoms with Gasteiger partial charge in [-0.3, -0.25) is 15.1 Å². The van der Waals surface area contributed by atoms with Crippen molar-refractivity contribution in [3.8, 4) is 11.4 Å². The maximum absolute atomic E-state index is 13.3. The minimum Gasteiger partial charge on any atom is -0.302 e. The van der Waals surface area contributed by atoms with E-state index in [1.54, 1.807) is 12.4 Å². The maximum atomic E-state index is 13.3. The van der Waals surface area contributed by atoms with Crippen molar-refractivity contribution < 1.29 is 9.31 Å². The topological polar surface area (TPSA) is 86.7 Å². The predicted octanol–water partition coefficient (Wildman–Crippen LogP) is 3.95. The Morgan fingerprint density at radius 1 is 1.24 bits per heavy atom. The fourth-order valence-corrected chi connectivity index (χ4v) is 3.26. The van der Waals surface area contributed by atoms with E-state index in [0.717, 1.165) is 29.8 Å². The molecule has 128 valence electrons. The van der Waals surface area contributed by atoms with Gasteiger partial charge < -0.3 is 4.57 Å². The van der Waals surface area contributed by atoms with Gasteiger partial charge in [-0.05, 0) is 42.4 Å². The average molecular weight is 359 g/mol. The number of halogens is 1. The van der Waals surface area contributed by atoms with Crippen LogP contribution in [0.5, 0.6) is 0 Å². The summed E-state index contributed by atoms with van der Waals surface area (Å²) in [7, 11) is 0. The van der Waals surface area contributed by atoms with Crippen molar-refractivity contribution in [2.24, 2.45) is 0 Å². The highest BCUT2D eigenvalue weighted by molar-refractivity contribution is 7.99. The Labute approximate surface area is 147 Å². The summed E-state index contributed by atoms with van der Waals surface area (Å²) in [4.78, 5) is 14.9. The van der Waals surface area contributed by atoms with Crippen LogP contribution in [0.2, 0.25) is 0 Å². The van der Waals surface area contributed by atoms with Crippen LogP contribution in [-0.2, 0) is 6.54 Å². The van der Waals surface area contributed by atoms with Crippen LogP contribution in [0, 0.1) is 15.9 Å². The van der Waals surface area contributed by atoms with Crippen LogP contribution in [0.3, 0.4) is 0 Å². The van der Waals surface area contributed by atoms with E-state index in [1.165, 1.54) is 12.1 Å². The zero-order valence-corrected chi connectivity index (χ0v) is 14.1. The van der Waals surface area contributed by atoms with Crippen molar-refractivity contribution in [2.45, 2.75) is 29.9 Å². The summed E-state index contributed by atoms with van der Waals surface area (Å²) < 4.78 is 15.2. The van der Waals surface area contributed by atoms with Crippen molar-refractivity contribution in [3.63, 3.8) is 0 Å². The highest BCUT2D eigenvalue weighted by Crippen LogP contribution is 2.35. The van der Waals surface area contributed by atoms with E-state index in [1.807, 2.05) is 23.6 Å². The molecule has 0 N–H and O–H groups in total. The van der Waals surface area contributed by atoms with Crippen LogP contribution in [0.4, 0.5) is 10.1 Å². The van der Waals surface area contributed by atoms with Gasteiger partial charge in [-0.1, -0.05) is 6.92 Å². The van der Waals surface area contributed by atoms with E-state index in [2.05, 4.69) is 15.2 Å². The molecule has 0 saturated carbocycles. The molecule has 0 fully saturated rings. The van der Waals surface area contributed by atoms with Gasteiger partial charge in [-0.2, -0.15) is 0 Å². The average Bonchev–Trinajstić information content (AvgIpc) is 3.00. The lowest BCUT2D eigenvalue weighted by Crippen LogP contribution is -2.02. The maximum Gasteiger partial charge on any atom is 0.286 e. The minimum absolute atomic E-state index is 0.290. The molecule has 0 bridgehead atoms. The quantitative estimate of drug-likeness (QED) is 0.489. The largest absolute Gasteiger partial charge is 0.302 e. The van der Waals surface area contributed by atoms with Crippen LogP contribution in [0.25, 0.3) is 11.4 Å². The van der Waals surface area contributed by atoms with Crippen molar-refractivity contribution in [1.29, 1.82) is 0 Å². The Bertz CT molecular complexity index is 901. The van der Waals surface area contributed by atoms with E-state index < -0.39 is 10.7 Å². The third kappa shape index (κ3) is 3.66. The number of nitro benzene ring substituents is 1. The molecule has 0 aliphatic heterocycles. The number of benzene rings is 1. The second-order valence-corrected chi connectivity index (χ2v) is 6.17. The van der Waals surface area contributed by atoms with Crippen molar-refractivity contribution in [3.05, 3.63) is 58.7 Å². The smallest absolute Gasteiger partial charge is 0.286 e. The Morgan fingerprint density at radius 3 is 2.68 bits per heavy atom. The molecule has 2 aromatic heterocycles. The molecule has 0 radical (unpaired) electrons. The van der Waals surface area contributed by atoms with E-state index in [0.29, 0.717) is 22.4 Å². The molecule has 0 unspecified atom stereocenters. The molecule has 0 saturated heterocycles. The van der Waals surface area contributed by atoms with Crippen molar-refractivity contribution in [1.82, 2.24) is 19.7 Å². The fraction of sp³-hybridized carbons (Fsp3) is 0.188. The second kappa shape index (κ2) is 7.39.